The van der Waals surface area contributed by atoms with Crippen LogP contribution >= 0.6 is 24.0 Å². The first-order valence-electron chi connectivity index (χ1n) is 10.5. The third-order valence-electron chi connectivity index (χ3n) is 4.96. The molecule has 1 aromatic rings. The number of hydrogen-bond acceptors (Lipinski definition) is 4. The first kappa shape index (κ1) is 25.8. The Labute approximate surface area is 193 Å². The first-order valence-corrected chi connectivity index (χ1v) is 10.5. The highest BCUT2D eigenvalue weighted by Gasteiger charge is 2.20. The van der Waals surface area contributed by atoms with Crippen LogP contribution < -0.4 is 20.1 Å². The number of likely N-dealkylation sites (tertiary alicyclic amines) is 1. The molecular weight excluding hydrogens is 479 g/mol. The summed E-state index contributed by atoms with van der Waals surface area (Å²) in [5.74, 6) is 3.74. The third-order valence-corrected chi connectivity index (χ3v) is 4.96. The van der Waals surface area contributed by atoms with Gasteiger partial charge >= 0.3 is 0 Å². The topological polar surface area (TPSA) is 58.1 Å². The molecule has 166 valence electrons. The second kappa shape index (κ2) is 13.9. The molecule has 0 radical (unpaired) electrons. The fourth-order valence-electron chi connectivity index (χ4n) is 3.68. The van der Waals surface area contributed by atoms with E-state index >= 15 is 0 Å². The number of nitrogens with zero attached hydrogens (tertiary/aromatic N) is 2. The summed E-state index contributed by atoms with van der Waals surface area (Å²) in [6.45, 7) is 11.9. The molecule has 0 bridgehead atoms. The highest BCUT2D eigenvalue weighted by molar-refractivity contribution is 14.0. The molecule has 7 heteroatoms. The molecule has 2 N–H and O–H groups in total. The Morgan fingerprint density at radius 3 is 2.59 bits per heavy atom. The summed E-state index contributed by atoms with van der Waals surface area (Å²) in [5, 5.41) is 6.86. The lowest BCUT2D eigenvalue weighted by atomic mass is 9.97. The van der Waals surface area contributed by atoms with Gasteiger partial charge in [0.2, 0.25) is 0 Å². The van der Waals surface area contributed by atoms with Crippen molar-refractivity contribution in [2.24, 2.45) is 16.8 Å². The fraction of sp³-hybridized carbons (Fsp3) is 0.682. The van der Waals surface area contributed by atoms with Crippen LogP contribution in [0.1, 0.15) is 33.6 Å². The second-order valence-electron chi connectivity index (χ2n) is 8.08. The molecule has 0 amide bonds. The lowest BCUT2D eigenvalue weighted by Gasteiger charge is -2.34. The number of benzene rings is 1. The monoisotopic (exact) mass is 518 g/mol. The number of halogens is 1. The molecule has 1 aliphatic heterocycles. The molecule has 0 aromatic heterocycles. The molecule has 2 atom stereocenters. The van der Waals surface area contributed by atoms with Gasteiger partial charge in [-0.2, -0.15) is 0 Å². The number of para-hydroxylation sites is 2. The molecule has 1 fully saturated rings. The van der Waals surface area contributed by atoms with Crippen LogP contribution in [0.25, 0.3) is 0 Å². The van der Waals surface area contributed by atoms with Gasteiger partial charge in [-0.25, -0.2) is 0 Å². The van der Waals surface area contributed by atoms with E-state index in [0.29, 0.717) is 12.5 Å². The molecule has 0 saturated carbocycles. The number of guanidine groups is 1. The van der Waals surface area contributed by atoms with Crippen molar-refractivity contribution in [1.29, 1.82) is 0 Å². The maximum atomic E-state index is 6.00. The third kappa shape index (κ3) is 9.42. The Morgan fingerprint density at radius 1 is 1.21 bits per heavy atom. The van der Waals surface area contributed by atoms with Crippen LogP contribution in [0.5, 0.6) is 11.5 Å². The molecule has 0 aliphatic carbocycles. The van der Waals surface area contributed by atoms with E-state index in [1.807, 2.05) is 38.2 Å². The van der Waals surface area contributed by atoms with Crippen LogP contribution in [0, 0.1) is 11.8 Å². The average Bonchev–Trinajstić information content (AvgIpc) is 2.68. The van der Waals surface area contributed by atoms with E-state index in [0.717, 1.165) is 29.9 Å². The molecule has 29 heavy (non-hydrogen) atoms. The SMILES string of the molecule is CN=C(NCC1CCCN(CC(C)C)C1)NCC(C)Oc1ccccc1OC.I. The standard InChI is InChI=1S/C22H38N4O2.HI/c1-17(2)15-26-12-8-9-19(16-26)14-25-22(23-4)24-13-18(3)28-21-11-7-6-10-20(21)27-5;/h6-7,10-11,17-19H,8-9,12-16H2,1-5H3,(H2,23,24,25);1H. The van der Waals surface area contributed by atoms with Gasteiger partial charge in [-0.05, 0) is 50.3 Å². The number of rotatable bonds is 9. The second-order valence-corrected chi connectivity index (χ2v) is 8.08. The molecule has 6 nitrogen and oxygen atoms in total. The van der Waals surface area contributed by atoms with Crippen molar-refractivity contribution in [2.45, 2.75) is 39.7 Å². The molecule has 1 aromatic carbocycles. The van der Waals surface area contributed by atoms with Crippen molar-refractivity contribution in [1.82, 2.24) is 15.5 Å². The lowest BCUT2D eigenvalue weighted by molar-refractivity contribution is 0.159. The van der Waals surface area contributed by atoms with E-state index in [9.17, 15) is 0 Å². The van der Waals surface area contributed by atoms with Crippen LogP contribution in [0.2, 0.25) is 0 Å². The van der Waals surface area contributed by atoms with Crippen molar-refractivity contribution < 1.29 is 9.47 Å². The molecule has 1 aliphatic rings. The van der Waals surface area contributed by atoms with Crippen molar-refractivity contribution in [3.05, 3.63) is 24.3 Å². The smallest absolute Gasteiger partial charge is 0.191 e. The number of nitrogens with one attached hydrogen (secondary N) is 2. The van der Waals surface area contributed by atoms with Crippen molar-refractivity contribution >= 4 is 29.9 Å². The highest BCUT2D eigenvalue weighted by Crippen LogP contribution is 2.26. The van der Waals surface area contributed by atoms with Gasteiger partial charge in [0.05, 0.1) is 13.7 Å². The molecule has 0 spiro atoms. The Kier molecular flexibility index (Phi) is 12.4. The van der Waals surface area contributed by atoms with Gasteiger partial charge in [-0.15, -0.1) is 24.0 Å². The zero-order valence-electron chi connectivity index (χ0n) is 18.6. The number of methoxy groups -OCH3 is 1. The minimum atomic E-state index is -0.00827. The van der Waals surface area contributed by atoms with Crippen molar-refractivity contribution in [3.63, 3.8) is 0 Å². The zero-order chi connectivity index (χ0) is 20.4. The van der Waals surface area contributed by atoms with Gasteiger partial charge in [-0.3, -0.25) is 4.99 Å². The van der Waals surface area contributed by atoms with Gasteiger partial charge < -0.3 is 25.0 Å². The van der Waals surface area contributed by atoms with Crippen molar-refractivity contribution in [3.8, 4) is 11.5 Å². The Balaban J connectivity index is 0.00000420. The van der Waals surface area contributed by atoms with Gasteiger partial charge in [0.1, 0.15) is 6.10 Å². The average molecular weight is 518 g/mol. The minimum absolute atomic E-state index is 0. The summed E-state index contributed by atoms with van der Waals surface area (Å²) in [7, 11) is 3.47. The molecule has 1 saturated heterocycles. The van der Waals surface area contributed by atoms with E-state index in [1.54, 1.807) is 7.11 Å². The maximum absolute atomic E-state index is 6.00. The number of hydrogen-bond donors (Lipinski definition) is 2. The van der Waals surface area contributed by atoms with Gasteiger partial charge in [0.15, 0.2) is 17.5 Å². The Hall–Kier alpha value is -1.22. The van der Waals surface area contributed by atoms with Crippen LogP contribution in [0.15, 0.2) is 29.3 Å². The Morgan fingerprint density at radius 2 is 1.93 bits per heavy atom. The van der Waals surface area contributed by atoms with E-state index in [-0.39, 0.29) is 30.1 Å². The molecule has 2 rings (SSSR count). The van der Waals surface area contributed by atoms with E-state index in [1.165, 1.54) is 32.5 Å². The summed E-state index contributed by atoms with van der Waals surface area (Å²) in [5.41, 5.74) is 0. The van der Waals surface area contributed by atoms with Crippen LogP contribution in [0.3, 0.4) is 0 Å². The summed E-state index contributed by atoms with van der Waals surface area (Å²) < 4.78 is 11.3. The molecular formula is C22H39IN4O2. The molecule has 2 unspecified atom stereocenters. The van der Waals surface area contributed by atoms with E-state index < -0.39 is 0 Å². The van der Waals surface area contributed by atoms with Gasteiger partial charge in [-0.1, -0.05) is 26.0 Å². The van der Waals surface area contributed by atoms with Crippen LogP contribution in [-0.4, -0.2) is 63.8 Å². The summed E-state index contributed by atoms with van der Waals surface area (Å²) in [4.78, 5) is 6.95. The van der Waals surface area contributed by atoms with Gasteiger partial charge in [0.25, 0.3) is 0 Å². The predicted molar refractivity (Wildman–Crippen MR) is 132 cm³/mol. The highest BCUT2D eigenvalue weighted by atomic mass is 127. The van der Waals surface area contributed by atoms with Crippen molar-refractivity contribution in [2.75, 3.05) is 46.9 Å². The van der Waals surface area contributed by atoms with Gasteiger partial charge in [0, 0.05) is 26.7 Å². The number of piperidine rings is 1. The normalized spacial score (nSPS) is 18.7. The quantitative estimate of drug-likeness (QED) is 0.297. The minimum Gasteiger partial charge on any atom is -0.493 e. The zero-order valence-corrected chi connectivity index (χ0v) is 20.9. The van der Waals surface area contributed by atoms with Crippen LogP contribution in [-0.2, 0) is 0 Å². The lowest BCUT2D eigenvalue weighted by Crippen LogP contribution is -2.46. The first-order chi connectivity index (χ1) is 13.5. The summed E-state index contributed by atoms with van der Waals surface area (Å²) in [6.07, 6.45) is 2.56. The number of ether oxygens (including phenoxy) is 2. The summed E-state index contributed by atoms with van der Waals surface area (Å²) in [6, 6.07) is 7.72. The summed E-state index contributed by atoms with van der Waals surface area (Å²) >= 11 is 0. The fourth-order valence-corrected chi connectivity index (χ4v) is 3.68. The predicted octanol–water partition coefficient (Wildman–Crippen LogP) is 3.61. The maximum Gasteiger partial charge on any atom is 0.191 e. The van der Waals surface area contributed by atoms with Crippen LogP contribution in [0.4, 0.5) is 0 Å². The molecule has 1 heterocycles. The largest absolute Gasteiger partial charge is 0.493 e. The Bertz CT molecular complexity index is 612. The number of aliphatic imine (C=N–C) groups is 1. The van der Waals surface area contributed by atoms with E-state index in [2.05, 4.69) is 34.4 Å². The van der Waals surface area contributed by atoms with E-state index in [4.69, 9.17) is 9.47 Å².